The molecule has 0 aromatic heterocycles. The van der Waals surface area contributed by atoms with E-state index in [1.165, 1.54) is 12.8 Å². The average molecular weight is 246 g/mol. The summed E-state index contributed by atoms with van der Waals surface area (Å²) >= 11 is 0. The van der Waals surface area contributed by atoms with Crippen LogP contribution in [0.4, 0.5) is 0 Å². The fraction of sp³-hybridized carbons (Fsp3) is 1.00. The van der Waals surface area contributed by atoms with E-state index in [0.29, 0.717) is 0 Å². The zero-order chi connectivity index (χ0) is 13.1. The lowest BCUT2D eigenvalue weighted by Gasteiger charge is -2.41. The summed E-state index contributed by atoms with van der Waals surface area (Å²) in [4.78, 5) is 0. The van der Waals surface area contributed by atoms with Crippen LogP contribution < -0.4 is 0 Å². The van der Waals surface area contributed by atoms with Crippen molar-refractivity contribution in [3.63, 3.8) is 0 Å². The Bertz CT molecular complexity index is 170. The second-order valence-corrected chi connectivity index (χ2v) is 4.83. The molecule has 0 saturated heterocycles. The number of nitrogens with zero attached hydrogens (tertiary/aromatic N) is 1. The number of hydrogen-bond donors (Lipinski definition) is 1. The van der Waals surface area contributed by atoms with Crippen molar-refractivity contribution in [2.45, 2.75) is 59.6 Å². The van der Waals surface area contributed by atoms with Crippen LogP contribution >= 0.6 is 0 Å². The molecule has 0 bridgehead atoms. The van der Waals surface area contributed by atoms with Crippen LogP contribution in [0.25, 0.3) is 0 Å². The van der Waals surface area contributed by atoms with Gasteiger partial charge in [0.1, 0.15) is 0 Å². The Morgan fingerprint density at radius 3 is 2.18 bits per heavy atom. The maximum Gasteiger partial charge on any atom is 0.190 e. The van der Waals surface area contributed by atoms with Gasteiger partial charge in [-0.3, -0.25) is 4.48 Å². The third kappa shape index (κ3) is 5.84. The van der Waals surface area contributed by atoms with Crippen molar-refractivity contribution in [2.24, 2.45) is 0 Å². The van der Waals surface area contributed by atoms with Crippen molar-refractivity contribution in [1.82, 2.24) is 0 Å². The number of hydrogen-bond acceptors (Lipinski definition) is 2. The monoisotopic (exact) mass is 246 g/mol. The number of unbranched alkanes of at least 4 members (excludes halogenated alkanes) is 2. The summed E-state index contributed by atoms with van der Waals surface area (Å²) in [7, 11) is 0. The maximum absolute atomic E-state index is 9.00. The van der Waals surface area contributed by atoms with Gasteiger partial charge in [-0.15, -0.1) is 0 Å². The molecule has 3 nitrogen and oxygen atoms in total. The molecule has 0 fully saturated rings. The van der Waals surface area contributed by atoms with Crippen molar-refractivity contribution in [2.75, 3.05) is 32.8 Å². The molecule has 0 aromatic rings. The molecule has 0 aliphatic carbocycles. The molecule has 0 spiro atoms. The zero-order valence-electron chi connectivity index (χ0n) is 12.2. The van der Waals surface area contributed by atoms with E-state index in [1.807, 2.05) is 0 Å². The molecule has 17 heavy (non-hydrogen) atoms. The predicted molar refractivity (Wildman–Crippen MR) is 72.9 cm³/mol. The van der Waals surface area contributed by atoms with Crippen LogP contribution in [0.2, 0.25) is 0 Å². The summed E-state index contributed by atoms with van der Waals surface area (Å²) in [5, 5.41) is 9.00. The van der Waals surface area contributed by atoms with Crippen LogP contribution in [-0.4, -0.2) is 48.7 Å². The minimum Gasteiger partial charge on any atom is -0.396 e. The van der Waals surface area contributed by atoms with Gasteiger partial charge in [0.05, 0.1) is 26.2 Å². The standard InChI is InChI=1S/C14H32NO2/c1-5-8-9-13-17-14(4)15(6-2,7-3)11-10-12-16/h14,16H,5-13H2,1-4H3/q+1. The van der Waals surface area contributed by atoms with E-state index in [-0.39, 0.29) is 12.8 Å². The summed E-state index contributed by atoms with van der Waals surface area (Å²) in [5.74, 6) is 0. The highest BCUT2D eigenvalue weighted by Crippen LogP contribution is 2.16. The first-order valence-electron chi connectivity index (χ1n) is 7.25. The van der Waals surface area contributed by atoms with E-state index in [9.17, 15) is 0 Å². The molecule has 1 N–H and O–H groups in total. The van der Waals surface area contributed by atoms with Crippen LogP contribution in [0.3, 0.4) is 0 Å². The van der Waals surface area contributed by atoms with Gasteiger partial charge in [0, 0.05) is 20.0 Å². The molecule has 0 heterocycles. The molecule has 3 heteroatoms. The van der Waals surface area contributed by atoms with Crippen LogP contribution in [0.1, 0.15) is 53.4 Å². The quantitative estimate of drug-likeness (QED) is 0.345. The lowest BCUT2D eigenvalue weighted by atomic mass is 10.2. The van der Waals surface area contributed by atoms with Gasteiger partial charge in [0.15, 0.2) is 6.23 Å². The highest BCUT2D eigenvalue weighted by molar-refractivity contribution is 4.46. The number of rotatable bonds is 11. The molecular weight excluding hydrogens is 214 g/mol. The molecule has 0 aromatic carbocycles. The summed E-state index contributed by atoms with van der Waals surface area (Å²) in [6.07, 6.45) is 4.76. The zero-order valence-corrected chi connectivity index (χ0v) is 12.2. The van der Waals surface area contributed by atoms with Crippen LogP contribution in [-0.2, 0) is 4.74 Å². The molecule has 0 radical (unpaired) electrons. The van der Waals surface area contributed by atoms with Crippen LogP contribution in [0.5, 0.6) is 0 Å². The van der Waals surface area contributed by atoms with Gasteiger partial charge >= 0.3 is 0 Å². The fourth-order valence-electron chi connectivity index (χ4n) is 2.39. The SMILES string of the molecule is CCCCCOC(C)[N+](CC)(CC)CCCO. The second kappa shape index (κ2) is 9.86. The minimum absolute atomic E-state index is 0.244. The minimum atomic E-state index is 0.244. The highest BCUT2D eigenvalue weighted by Gasteiger charge is 2.30. The van der Waals surface area contributed by atoms with Crippen molar-refractivity contribution in [3.8, 4) is 0 Å². The Morgan fingerprint density at radius 1 is 1.06 bits per heavy atom. The average Bonchev–Trinajstić information content (AvgIpc) is 2.36. The molecule has 104 valence electrons. The van der Waals surface area contributed by atoms with Gasteiger partial charge in [-0.05, 0) is 20.3 Å². The van der Waals surface area contributed by atoms with Gasteiger partial charge in [-0.2, -0.15) is 0 Å². The van der Waals surface area contributed by atoms with Crippen molar-refractivity contribution < 1.29 is 14.3 Å². The Balaban J connectivity index is 4.16. The van der Waals surface area contributed by atoms with Gasteiger partial charge in [0.2, 0.25) is 0 Å². The van der Waals surface area contributed by atoms with Crippen molar-refractivity contribution >= 4 is 0 Å². The molecule has 0 saturated carbocycles. The van der Waals surface area contributed by atoms with E-state index < -0.39 is 0 Å². The van der Waals surface area contributed by atoms with Crippen LogP contribution in [0.15, 0.2) is 0 Å². The molecule has 1 atom stereocenters. The lowest BCUT2D eigenvalue weighted by Crippen LogP contribution is -2.55. The molecule has 0 rings (SSSR count). The molecule has 0 aliphatic rings. The predicted octanol–water partition coefficient (Wildman–Crippen LogP) is 2.78. The van der Waals surface area contributed by atoms with Gasteiger partial charge < -0.3 is 9.84 Å². The number of quaternary nitrogens is 1. The van der Waals surface area contributed by atoms with Crippen LogP contribution in [0, 0.1) is 0 Å². The third-order valence-corrected chi connectivity index (χ3v) is 3.90. The topological polar surface area (TPSA) is 29.5 Å². The summed E-state index contributed by atoms with van der Waals surface area (Å²) in [6, 6.07) is 0. The first kappa shape index (κ1) is 16.9. The second-order valence-electron chi connectivity index (χ2n) is 4.83. The van der Waals surface area contributed by atoms with E-state index in [4.69, 9.17) is 9.84 Å². The van der Waals surface area contributed by atoms with Crippen molar-refractivity contribution in [3.05, 3.63) is 0 Å². The highest BCUT2D eigenvalue weighted by atomic mass is 16.5. The Kier molecular flexibility index (Phi) is 9.79. The summed E-state index contributed by atoms with van der Waals surface area (Å²) in [6.45, 7) is 13.1. The number of aliphatic hydroxyl groups excluding tert-OH is 1. The van der Waals surface area contributed by atoms with Gasteiger partial charge in [-0.1, -0.05) is 19.8 Å². The van der Waals surface area contributed by atoms with Crippen molar-refractivity contribution in [1.29, 1.82) is 0 Å². The Labute approximate surface area is 107 Å². The Morgan fingerprint density at radius 2 is 1.71 bits per heavy atom. The maximum atomic E-state index is 9.00. The van der Waals surface area contributed by atoms with Gasteiger partial charge in [-0.25, -0.2) is 0 Å². The molecular formula is C14H32NO2+. The van der Waals surface area contributed by atoms with E-state index in [0.717, 1.165) is 43.6 Å². The smallest absolute Gasteiger partial charge is 0.190 e. The van der Waals surface area contributed by atoms with E-state index >= 15 is 0 Å². The molecule has 0 amide bonds. The number of ether oxygens (including phenoxy) is 1. The fourth-order valence-corrected chi connectivity index (χ4v) is 2.39. The summed E-state index contributed by atoms with van der Waals surface area (Å²) in [5.41, 5.74) is 0. The molecule has 1 unspecified atom stereocenters. The number of aliphatic hydroxyl groups is 1. The van der Waals surface area contributed by atoms with E-state index in [1.54, 1.807) is 0 Å². The van der Waals surface area contributed by atoms with Gasteiger partial charge in [0.25, 0.3) is 0 Å². The first-order chi connectivity index (χ1) is 8.16. The lowest BCUT2D eigenvalue weighted by molar-refractivity contribution is -0.967. The normalized spacial score (nSPS) is 13.9. The van der Waals surface area contributed by atoms with E-state index in [2.05, 4.69) is 27.7 Å². The third-order valence-electron chi connectivity index (χ3n) is 3.90. The Hall–Kier alpha value is -0.120. The molecule has 0 aliphatic heterocycles. The first-order valence-corrected chi connectivity index (χ1v) is 7.25. The summed E-state index contributed by atoms with van der Waals surface area (Å²) < 4.78 is 6.94. The largest absolute Gasteiger partial charge is 0.396 e.